The van der Waals surface area contributed by atoms with Gasteiger partial charge in [-0.3, -0.25) is 0 Å². The molecule has 1 saturated heterocycles. The molecule has 0 bridgehead atoms. The van der Waals surface area contributed by atoms with Gasteiger partial charge in [0, 0.05) is 0 Å². The highest BCUT2D eigenvalue weighted by atomic mass is 16.6. The summed E-state index contributed by atoms with van der Waals surface area (Å²) in [6, 6.07) is 0. The van der Waals surface area contributed by atoms with Gasteiger partial charge in [0.2, 0.25) is 0 Å². The lowest BCUT2D eigenvalue weighted by Crippen LogP contribution is -2.46. The van der Waals surface area contributed by atoms with E-state index in [0.717, 1.165) is 0 Å². The molecule has 1 fully saturated rings. The van der Waals surface area contributed by atoms with Gasteiger partial charge in [0.15, 0.2) is 6.29 Å². The van der Waals surface area contributed by atoms with Gasteiger partial charge in [-0.15, -0.1) is 0 Å². The quantitative estimate of drug-likeness (QED) is 0.281. The Bertz CT molecular complexity index is 187. The minimum atomic E-state index is -1.60. The van der Waals surface area contributed by atoms with E-state index < -0.39 is 43.4 Å². The molecule has 0 spiro atoms. The third-order valence-electron chi connectivity index (χ3n) is 2.19. The largest absolute Gasteiger partial charge is 0.394 e. The molecular formula is C7H14O7. The average Bonchev–Trinajstić information content (AvgIpc) is 2.43. The van der Waals surface area contributed by atoms with Crippen LogP contribution in [0.1, 0.15) is 0 Å². The molecule has 1 aliphatic heterocycles. The molecular weight excluding hydrogens is 196 g/mol. The van der Waals surface area contributed by atoms with Crippen LogP contribution in [0.15, 0.2) is 0 Å². The summed E-state index contributed by atoms with van der Waals surface area (Å²) in [5.74, 6) is 0. The zero-order valence-electron chi connectivity index (χ0n) is 7.26. The summed E-state index contributed by atoms with van der Waals surface area (Å²) in [5.41, 5.74) is 0. The maximum atomic E-state index is 9.31. The van der Waals surface area contributed by atoms with Crippen molar-refractivity contribution in [2.45, 2.75) is 36.8 Å². The molecule has 0 aromatic carbocycles. The van der Waals surface area contributed by atoms with Gasteiger partial charge in [-0.2, -0.15) is 0 Å². The Hall–Kier alpha value is -0.280. The molecule has 1 unspecified atom stereocenters. The van der Waals surface area contributed by atoms with Crippen LogP contribution in [0.5, 0.6) is 0 Å². The number of aliphatic hydroxyl groups excluding tert-OH is 6. The molecule has 84 valence electrons. The van der Waals surface area contributed by atoms with E-state index in [1.807, 2.05) is 0 Å². The summed E-state index contributed by atoms with van der Waals surface area (Å²) in [4.78, 5) is 0. The lowest BCUT2D eigenvalue weighted by molar-refractivity contribution is -0.164. The van der Waals surface area contributed by atoms with Crippen molar-refractivity contribution in [3.8, 4) is 0 Å². The Morgan fingerprint density at radius 1 is 1.07 bits per heavy atom. The predicted molar refractivity (Wildman–Crippen MR) is 42.0 cm³/mol. The first kappa shape index (κ1) is 11.8. The Labute approximate surface area is 79.8 Å². The second-order valence-electron chi connectivity index (χ2n) is 3.21. The summed E-state index contributed by atoms with van der Waals surface area (Å²) in [7, 11) is 0. The topological polar surface area (TPSA) is 131 Å². The van der Waals surface area contributed by atoms with Crippen LogP contribution in [0, 0.1) is 0 Å². The summed E-state index contributed by atoms with van der Waals surface area (Å²) < 4.78 is 4.61. The van der Waals surface area contributed by atoms with Gasteiger partial charge in [0.25, 0.3) is 0 Å². The highest BCUT2D eigenvalue weighted by Gasteiger charge is 2.46. The minimum Gasteiger partial charge on any atom is -0.394 e. The van der Waals surface area contributed by atoms with Crippen molar-refractivity contribution in [1.82, 2.24) is 0 Å². The highest BCUT2D eigenvalue weighted by Crippen LogP contribution is 2.23. The van der Waals surface area contributed by atoms with Crippen molar-refractivity contribution < 1.29 is 35.4 Å². The zero-order valence-corrected chi connectivity index (χ0v) is 7.26. The van der Waals surface area contributed by atoms with Gasteiger partial charge in [0.05, 0.1) is 6.61 Å². The summed E-state index contributed by atoms with van der Waals surface area (Å²) >= 11 is 0. The van der Waals surface area contributed by atoms with E-state index in [-0.39, 0.29) is 0 Å². The molecule has 1 rings (SSSR count). The molecule has 7 nitrogen and oxygen atoms in total. The van der Waals surface area contributed by atoms with Crippen LogP contribution >= 0.6 is 0 Å². The van der Waals surface area contributed by atoms with Crippen molar-refractivity contribution in [1.29, 1.82) is 0 Å². The first-order valence-corrected chi connectivity index (χ1v) is 4.15. The van der Waals surface area contributed by atoms with Crippen LogP contribution < -0.4 is 0 Å². The zero-order chi connectivity index (χ0) is 10.9. The third kappa shape index (κ3) is 2.04. The molecule has 14 heavy (non-hydrogen) atoms. The number of ether oxygens (including phenoxy) is 1. The van der Waals surface area contributed by atoms with Gasteiger partial charge in [-0.1, -0.05) is 0 Å². The summed E-state index contributed by atoms with van der Waals surface area (Å²) in [6.45, 7) is -0.708. The van der Waals surface area contributed by atoms with E-state index in [1.54, 1.807) is 0 Å². The summed E-state index contributed by atoms with van der Waals surface area (Å²) in [5, 5.41) is 54.1. The number of hydrogen-bond acceptors (Lipinski definition) is 7. The van der Waals surface area contributed by atoms with Gasteiger partial charge >= 0.3 is 0 Å². The summed E-state index contributed by atoms with van der Waals surface area (Å²) in [6.07, 6.45) is -9.01. The van der Waals surface area contributed by atoms with Gasteiger partial charge < -0.3 is 35.4 Å². The monoisotopic (exact) mass is 210 g/mol. The first-order valence-electron chi connectivity index (χ1n) is 4.15. The van der Waals surface area contributed by atoms with Crippen LogP contribution in [0.25, 0.3) is 0 Å². The smallest absolute Gasteiger partial charge is 0.184 e. The van der Waals surface area contributed by atoms with Crippen LogP contribution in [-0.4, -0.2) is 74.1 Å². The second kappa shape index (κ2) is 4.49. The van der Waals surface area contributed by atoms with Gasteiger partial charge in [-0.25, -0.2) is 0 Å². The van der Waals surface area contributed by atoms with E-state index in [0.29, 0.717) is 0 Å². The Morgan fingerprint density at radius 3 is 2.00 bits per heavy atom. The van der Waals surface area contributed by atoms with E-state index >= 15 is 0 Å². The van der Waals surface area contributed by atoms with Crippen molar-refractivity contribution in [3.63, 3.8) is 0 Å². The fourth-order valence-corrected chi connectivity index (χ4v) is 1.29. The third-order valence-corrected chi connectivity index (χ3v) is 2.19. The van der Waals surface area contributed by atoms with Crippen molar-refractivity contribution in [2.24, 2.45) is 0 Å². The van der Waals surface area contributed by atoms with Crippen LogP contribution in [-0.2, 0) is 4.74 Å². The molecule has 7 heteroatoms. The standard InChI is InChI=1S/C7H14O7/c8-1-2(9)3(10)6-4(11)5(12)7(13)14-6/h2-13H,1H2/t2-,3-,4-,5-,6-,7?/m1/s1. The van der Waals surface area contributed by atoms with Crippen LogP contribution in [0.4, 0.5) is 0 Å². The van der Waals surface area contributed by atoms with E-state index in [1.165, 1.54) is 0 Å². The average molecular weight is 210 g/mol. The molecule has 1 aliphatic rings. The van der Waals surface area contributed by atoms with Crippen molar-refractivity contribution in [3.05, 3.63) is 0 Å². The SMILES string of the molecule is OC[C@@H](O)[C@@H](O)[C@H]1OC(O)[C@H](O)[C@H]1O. The fraction of sp³-hybridized carbons (Fsp3) is 1.00. The van der Waals surface area contributed by atoms with E-state index in [9.17, 15) is 10.2 Å². The minimum absolute atomic E-state index is 0.708. The second-order valence-corrected chi connectivity index (χ2v) is 3.21. The molecule has 0 saturated carbocycles. The van der Waals surface area contributed by atoms with Crippen LogP contribution in [0.3, 0.4) is 0 Å². The Balaban J connectivity index is 2.61. The molecule has 0 aromatic heterocycles. The van der Waals surface area contributed by atoms with Crippen molar-refractivity contribution in [2.75, 3.05) is 6.61 Å². The molecule has 1 heterocycles. The molecule has 0 aromatic rings. The number of hydrogen-bond donors (Lipinski definition) is 6. The predicted octanol–water partition coefficient (Wildman–Crippen LogP) is -3.86. The van der Waals surface area contributed by atoms with Gasteiger partial charge in [-0.05, 0) is 0 Å². The number of rotatable bonds is 3. The van der Waals surface area contributed by atoms with Crippen LogP contribution in [0.2, 0.25) is 0 Å². The maximum absolute atomic E-state index is 9.31. The van der Waals surface area contributed by atoms with E-state index in [2.05, 4.69) is 4.74 Å². The highest BCUT2D eigenvalue weighted by molar-refractivity contribution is 4.92. The van der Waals surface area contributed by atoms with Crippen molar-refractivity contribution >= 4 is 0 Å². The lowest BCUT2D eigenvalue weighted by atomic mass is 10.0. The lowest BCUT2D eigenvalue weighted by Gasteiger charge is -2.23. The molecule has 0 aliphatic carbocycles. The molecule has 6 N–H and O–H groups in total. The molecule has 6 atom stereocenters. The number of aliphatic hydroxyl groups is 6. The molecule has 0 amide bonds. The van der Waals surface area contributed by atoms with Gasteiger partial charge in [0.1, 0.15) is 30.5 Å². The normalized spacial score (nSPS) is 42.4. The Kier molecular flexibility index (Phi) is 3.78. The first-order chi connectivity index (χ1) is 6.49. The Morgan fingerprint density at radius 2 is 1.64 bits per heavy atom. The maximum Gasteiger partial charge on any atom is 0.184 e. The van der Waals surface area contributed by atoms with E-state index in [4.69, 9.17) is 20.4 Å². The fourth-order valence-electron chi connectivity index (χ4n) is 1.29. The molecule has 0 radical (unpaired) electrons.